The number of hydrogen-bond acceptors (Lipinski definition) is 8. The van der Waals surface area contributed by atoms with Crippen LogP contribution >= 0.6 is 0 Å². The average Bonchev–Trinajstić information content (AvgIpc) is 3.54. The molecular formula is C28H26FN5O3. The third-order valence-corrected chi connectivity index (χ3v) is 7.42. The fourth-order valence-corrected chi connectivity index (χ4v) is 5.66. The van der Waals surface area contributed by atoms with Crippen molar-refractivity contribution in [2.45, 2.75) is 19.3 Å². The first kappa shape index (κ1) is 22.2. The summed E-state index contributed by atoms with van der Waals surface area (Å²) in [6, 6.07) is 10.9. The van der Waals surface area contributed by atoms with Gasteiger partial charge in [0.05, 0.1) is 24.3 Å². The molecule has 7 rings (SSSR count). The van der Waals surface area contributed by atoms with Crippen LogP contribution in [0.25, 0.3) is 32.9 Å². The SMILES string of the molecule is Oc1cc(-c2ncc3c(N4CCOCC4)nc(OC4=C5CCCN5CC4)nc3c2F)c2ccccc2c1. The second kappa shape index (κ2) is 8.85. The Morgan fingerprint density at radius 3 is 2.70 bits per heavy atom. The van der Waals surface area contributed by atoms with Crippen LogP contribution in [0, 0.1) is 5.82 Å². The molecule has 0 aliphatic carbocycles. The van der Waals surface area contributed by atoms with Crippen LogP contribution in [0.5, 0.6) is 11.8 Å². The van der Waals surface area contributed by atoms with Crippen LogP contribution in [0.2, 0.25) is 0 Å². The zero-order chi connectivity index (χ0) is 24.9. The van der Waals surface area contributed by atoms with Gasteiger partial charge in [-0.3, -0.25) is 4.98 Å². The molecule has 8 nitrogen and oxygen atoms in total. The average molecular weight is 500 g/mol. The second-order valence-corrected chi connectivity index (χ2v) is 9.64. The van der Waals surface area contributed by atoms with Gasteiger partial charge in [-0.1, -0.05) is 24.3 Å². The van der Waals surface area contributed by atoms with Gasteiger partial charge >= 0.3 is 6.01 Å². The number of allylic oxidation sites excluding steroid dienone is 1. The first-order chi connectivity index (χ1) is 18.2. The van der Waals surface area contributed by atoms with E-state index in [1.165, 1.54) is 5.70 Å². The van der Waals surface area contributed by atoms with Gasteiger partial charge in [-0.25, -0.2) is 4.39 Å². The van der Waals surface area contributed by atoms with Crippen LogP contribution in [-0.2, 0) is 4.74 Å². The van der Waals surface area contributed by atoms with E-state index < -0.39 is 5.82 Å². The van der Waals surface area contributed by atoms with Gasteiger partial charge in [0.25, 0.3) is 0 Å². The number of phenols is 1. The summed E-state index contributed by atoms with van der Waals surface area (Å²) in [4.78, 5) is 18.3. The Kier molecular flexibility index (Phi) is 5.32. The summed E-state index contributed by atoms with van der Waals surface area (Å²) in [5.41, 5.74) is 1.99. The molecule has 0 bridgehead atoms. The summed E-state index contributed by atoms with van der Waals surface area (Å²) in [5, 5.41) is 12.5. The lowest BCUT2D eigenvalue weighted by Crippen LogP contribution is -2.37. The molecule has 3 aliphatic rings. The molecule has 4 aromatic rings. The smallest absolute Gasteiger partial charge is 0.324 e. The molecule has 0 spiro atoms. The van der Waals surface area contributed by atoms with E-state index in [0.717, 1.165) is 48.9 Å². The number of pyridine rings is 1. The molecule has 188 valence electrons. The standard InChI is InChI=1S/C28H26FN5O3/c29-24-25(20-15-18(35)14-17-4-1-2-5-19(17)20)30-16-21-26(24)31-28(32-27(21)34-10-12-36-13-11-34)37-23-7-9-33-8-3-6-22(23)33/h1-2,4-5,14-16,35H,3,6-13H2. The van der Waals surface area contributed by atoms with E-state index in [0.29, 0.717) is 43.1 Å². The van der Waals surface area contributed by atoms with E-state index in [-0.39, 0.29) is 23.0 Å². The van der Waals surface area contributed by atoms with Gasteiger partial charge in [0.15, 0.2) is 5.82 Å². The van der Waals surface area contributed by atoms with Crippen LogP contribution in [0.3, 0.4) is 0 Å². The van der Waals surface area contributed by atoms with Crippen LogP contribution in [0.15, 0.2) is 54.1 Å². The van der Waals surface area contributed by atoms with Crippen LogP contribution in [0.1, 0.15) is 19.3 Å². The van der Waals surface area contributed by atoms with E-state index >= 15 is 4.39 Å². The summed E-state index contributed by atoms with van der Waals surface area (Å²) in [6.45, 7) is 4.37. The number of ether oxygens (including phenoxy) is 2. The molecule has 5 heterocycles. The fourth-order valence-electron chi connectivity index (χ4n) is 5.66. The van der Waals surface area contributed by atoms with Gasteiger partial charge in [-0.05, 0) is 35.7 Å². The molecule has 0 atom stereocenters. The number of nitrogens with zero attached hydrogens (tertiary/aromatic N) is 5. The van der Waals surface area contributed by atoms with E-state index in [1.54, 1.807) is 18.3 Å². The van der Waals surface area contributed by atoms with Crippen molar-refractivity contribution in [3.05, 3.63) is 59.9 Å². The van der Waals surface area contributed by atoms with Crippen molar-refractivity contribution in [1.29, 1.82) is 0 Å². The van der Waals surface area contributed by atoms with Gasteiger partial charge in [0, 0.05) is 44.4 Å². The third-order valence-electron chi connectivity index (χ3n) is 7.42. The van der Waals surface area contributed by atoms with Gasteiger partial charge < -0.3 is 24.4 Å². The number of rotatable bonds is 4. The maximum atomic E-state index is 16.3. The Morgan fingerprint density at radius 1 is 0.946 bits per heavy atom. The van der Waals surface area contributed by atoms with Crippen LogP contribution in [-0.4, -0.2) is 64.4 Å². The predicted molar refractivity (Wildman–Crippen MR) is 138 cm³/mol. The molecule has 2 fully saturated rings. The third kappa shape index (κ3) is 3.81. The molecule has 0 saturated carbocycles. The summed E-state index contributed by atoms with van der Waals surface area (Å²) in [5.74, 6) is 0.945. The number of anilines is 1. The quantitative estimate of drug-likeness (QED) is 0.436. The van der Waals surface area contributed by atoms with E-state index in [9.17, 15) is 5.11 Å². The largest absolute Gasteiger partial charge is 0.508 e. The summed E-state index contributed by atoms with van der Waals surface area (Å²) in [6.07, 6.45) is 4.51. The lowest BCUT2D eigenvalue weighted by molar-refractivity contribution is 0.122. The van der Waals surface area contributed by atoms with Crippen molar-refractivity contribution < 1.29 is 19.0 Å². The molecule has 2 saturated heterocycles. The Labute approximate surface area is 213 Å². The van der Waals surface area contributed by atoms with Crippen LogP contribution < -0.4 is 9.64 Å². The minimum absolute atomic E-state index is 0.0477. The zero-order valence-corrected chi connectivity index (χ0v) is 20.3. The maximum absolute atomic E-state index is 16.3. The summed E-state index contributed by atoms with van der Waals surface area (Å²) in [7, 11) is 0. The van der Waals surface area contributed by atoms with E-state index in [2.05, 4.69) is 19.8 Å². The Bertz CT molecular complexity index is 1570. The van der Waals surface area contributed by atoms with E-state index in [4.69, 9.17) is 14.5 Å². The highest BCUT2D eigenvalue weighted by atomic mass is 19.1. The highest BCUT2D eigenvalue weighted by Gasteiger charge is 2.29. The van der Waals surface area contributed by atoms with Gasteiger partial charge in [0.1, 0.15) is 28.5 Å². The number of halogens is 1. The normalized spacial score (nSPS) is 17.8. The zero-order valence-electron chi connectivity index (χ0n) is 20.3. The van der Waals surface area contributed by atoms with Crippen molar-refractivity contribution in [2.75, 3.05) is 44.3 Å². The molecule has 2 aromatic heterocycles. The van der Waals surface area contributed by atoms with Gasteiger partial charge in [-0.15, -0.1) is 0 Å². The summed E-state index contributed by atoms with van der Waals surface area (Å²) < 4.78 is 28.1. The molecule has 0 unspecified atom stereocenters. The number of morpholine rings is 1. The fraction of sp³-hybridized carbons (Fsp3) is 0.321. The Balaban J connectivity index is 1.41. The van der Waals surface area contributed by atoms with Gasteiger partial charge in [0.2, 0.25) is 0 Å². The number of phenolic OH excluding ortho intramolecular Hbond substituents is 1. The summed E-state index contributed by atoms with van der Waals surface area (Å²) >= 11 is 0. The second-order valence-electron chi connectivity index (χ2n) is 9.64. The van der Waals surface area contributed by atoms with Crippen molar-refractivity contribution in [2.24, 2.45) is 0 Å². The number of benzene rings is 2. The maximum Gasteiger partial charge on any atom is 0.324 e. The first-order valence-electron chi connectivity index (χ1n) is 12.7. The van der Waals surface area contributed by atoms with Gasteiger partial charge in [-0.2, -0.15) is 9.97 Å². The molecule has 0 amide bonds. The molecule has 37 heavy (non-hydrogen) atoms. The van der Waals surface area contributed by atoms with E-state index in [1.807, 2.05) is 24.3 Å². The number of aromatic hydroxyl groups is 1. The Hall–Kier alpha value is -3.98. The molecule has 1 N–H and O–H groups in total. The highest BCUT2D eigenvalue weighted by Crippen LogP contribution is 2.38. The molecular weight excluding hydrogens is 473 g/mol. The highest BCUT2D eigenvalue weighted by molar-refractivity contribution is 5.99. The number of aromatic nitrogens is 3. The minimum Gasteiger partial charge on any atom is -0.508 e. The first-order valence-corrected chi connectivity index (χ1v) is 12.7. The van der Waals surface area contributed by atoms with Crippen molar-refractivity contribution in [3.8, 4) is 23.0 Å². The molecule has 9 heteroatoms. The molecule has 3 aliphatic heterocycles. The predicted octanol–water partition coefficient (Wildman–Crippen LogP) is 4.62. The Morgan fingerprint density at radius 2 is 1.81 bits per heavy atom. The lowest BCUT2D eigenvalue weighted by Gasteiger charge is -2.28. The monoisotopic (exact) mass is 499 g/mol. The minimum atomic E-state index is -0.568. The molecule has 2 aromatic carbocycles. The molecule has 0 radical (unpaired) electrons. The van der Waals surface area contributed by atoms with Crippen molar-refractivity contribution >= 4 is 27.5 Å². The van der Waals surface area contributed by atoms with Crippen LogP contribution in [0.4, 0.5) is 10.2 Å². The van der Waals surface area contributed by atoms with Crippen molar-refractivity contribution in [3.63, 3.8) is 0 Å². The lowest BCUT2D eigenvalue weighted by atomic mass is 10.0. The number of fused-ring (bicyclic) bond motifs is 3. The topological polar surface area (TPSA) is 83.8 Å². The van der Waals surface area contributed by atoms with Crippen molar-refractivity contribution in [1.82, 2.24) is 19.9 Å². The number of hydrogen-bond donors (Lipinski definition) is 1.